The van der Waals surface area contributed by atoms with E-state index < -0.39 is 35.7 Å². The van der Waals surface area contributed by atoms with Crippen molar-refractivity contribution in [2.45, 2.75) is 38.8 Å². The summed E-state index contributed by atoms with van der Waals surface area (Å²) >= 11 is 0. The lowest BCUT2D eigenvalue weighted by Gasteiger charge is -2.31. The minimum absolute atomic E-state index is 0.0451. The average Bonchev–Trinajstić information content (AvgIpc) is 3.03. The third-order valence-electron chi connectivity index (χ3n) is 6.29. The van der Waals surface area contributed by atoms with Crippen LogP contribution >= 0.6 is 0 Å². The maximum atomic E-state index is 13.8. The first-order valence-electron chi connectivity index (χ1n) is 12.3. The van der Waals surface area contributed by atoms with E-state index in [1.807, 2.05) is 44.2 Å². The predicted octanol–water partition coefficient (Wildman–Crippen LogP) is 4.79. The number of carboxylic acids is 1. The van der Waals surface area contributed by atoms with Crippen molar-refractivity contribution >= 4 is 35.1 Å². The van der Waals surface area contributed by atoms with E-state index >= 15 is 0 Å². The fourth-order valence-electron chi connectivity index (χ4n) is 4.48. The van der Waals surface area contributed by atoms with Crippen LogP contribution in [0.1, 0.15) is 59.0 Å². The molecule has 0 saturated carbocycles. The normalized spacial score (nSPS) is 15.7. The molecule has 0 spiro atoms. The van der Waals surface area contributed by atoms with Gasteiger partial charge in [0.05, 0.1) is 23.8 Å². The second-order valence-electron chi connectivity index (χ2n) is 9.59. The summed E-state index contributed by atoms with van der Waals surface area (Å²) < 4.78 is 13.6. The number of rotatable bonds is 7. The minimum atomic E-state index is -1.14. The molecule has 0 aromatic heterocycles. The Balaban J connectivity index is 1.76. The molecule has 0 saturated heterocycles. The fourth-order valence-corrected chi connectivity index (χ4v) is 4.48. The van der Waals surface area contributed by atoms with Crippen LogP contribution in [0.15, 0.2) is 72.8 Å². The van der Waals surface area contributed by atoms with Crippen molar-refractivity contribution in [1.82, 2.24) is 5.32 Å². The molecule has 3 aromatic carbocycles. The molecule has 0 fully saturated rings. The largest absolute Gasteiger partial charge is 0.480 e. The average molecular weight is 518 g/mol. The van der Waals surface area contributed by atoms with Crippen LogP contribution in [-0.4, -0.2) is 34.8 Å². The first-order chi connectivity index (χ1) is 18.1. The highest BCUT2D eigenvalue weighted by molar-refractivity contribution is 6.12. The molecular formula is C29H28FN3O5. The van der Waals surface area contributed by atoms with E-state index in [0.717, 1.165) is 5.56 Å². The van der Waals surface area contributed by atoms with Gasteiger partial charge >= 0.3 is 5.97 Å². The number of carboxylic acid groups (broad SMARTS) is 1. The number of hydrogen-bond donors (Lipinski definition) is 3. The Labute approximate surface area is 219 Å². The molecule has 1 aliphatic heterocycles. The highest BCUT2D eigenvalue weighted by Gasteiger charge is 2.34. The number of aliphatic carboxylic acids is 1. The number of nitrogens with zero attached hydrogens (tertiary/aromatic N) is 1. The molecular weight excluding hydrogens is 489 g/mol. The highest BCUT2D eigenvalue weighted by Crippen LogP contribution is 2.39. The van der Waals surface area contributed by atoms with Crippen LogP contribution in [0.4, 0.5) is 15.8 Å². The molecule has 3 aromatic rings. The van der Waals surface area contributed by atoms with E-state index in [0.29, 0.717) is 5.69 Å². The first-order valence-corrected chi connectivity index (χ1v) is 12.3. The van der Waals surface area contributed by atoms with Crippen LogP contribution in [0.2, 0.25) is 0 Å². The Morgan fingerprint density at radius 3 is 2.32 bits per heavy atom. The number of anilines is 2. The van der Waals surface area contributed by atoms with Crippen molar-refractivity contribution in [2.75, 3.05) is 10.2 Å². The van der Waals surface area contributed by atoms with Crippen LogP contribution in [0.3, 0.4) is 0 Å². The second-order valence-corrected chi connectivity index (χ2v) is 9.59. The maximum Gasteiger partial charge on any atom is 0.326 e. The van der Waals surface area contributed by atoms with Crippen molar-refractivity contribution < 1.29 is 28.7 Å². The molecule has 3 N–H and O–H groups in total. The third-order valence-corrected chi connectivity index (χ3v) is 6.29. The van der Waals surface area contributed by atoms with Gasteiger partial charge in [0.2, 0.25) is 5.91 Å². The highest BCUT2D eigenvalue weighted by atomic mass is 19.1. The lowest BCUT2D eigenvalue weighted by Crippen LogP contribution is -2.41. The zero-order valence-corrected chi connectivity index (χ0v) is 21.0. The number of carbonyl (C=O) groups is 4. The molecule has 0 bridgehead atoms. The van der Waals surface area contributed by atoms with Crippen LogP contribution in [0.25, 0.3) is 0 Å². The number of hydrogen-bond acceptors (Lipinski definition) is 4. The standard InChI is InChI=1S/C29H28FN3O5/c1-17(2)14-23(29(37)38)32-27(35)20-10-13-24-22(15-20)31-26(34)16-25(18-6-4-3-5-7-18)33(24)28(36)19-8-11-21(30)12-9-19/h3-13,15,17,23,25H,14,16H2,1-2H3,(H,31,34)(H,32,35)(H,37,38). The van der Waals surface area contributed by atoms with Gasteiger partial charge in [-0.15, -0.1) is 0 Å². The second kappa shape index (κ2) is 11.2. The molecule has 38 heavy (non-hydrogen) atoms. The fraction of sp³-hybridized carbons (Fsp3) is 0.241. The van der Waals surface area contributed by atoms with Gasteiger partial charge < -0.3 is 15.7 Å². The van der Waals surface area contributed by atoms with Crippen LogP contribution in [0.5, 0.6) is 0 Å². The predicted molar refractivity (Wildman–Crippen MR) is 140 cm³/mol. The Kier molecular flexibility index (Phi) is 7.85. The smallest absolute Gasteiger partial charge is 0.326 e. The van der Waals surface area contributed by atoms with Crippen molar-refractivity contribution in [3.8, 4) is 0 Å². The Morgan fingerprint density at radius 1 is 1.03 bits per heavy atom. The van der Waals surface area contributed by atoms with Crippen molar-refractivity contribution in [3.63, 3.8) is 0 Å². The number of carbonyl (C=O) groups excluding carboxylic acids is 3. The molecule has 0 radical (unpaired) electrons. The zero-order valence-electron chi connectivity index (χ0n) is 21.0. The van der Waals surface area contributed by atoms with Gasteiger partial charge in [0, 0.05) is 11.1 Å². The summed E-state index contributed by atoms with van der Waals surface area (Å²) in [5.41, 5.74) is 1.67. The van der Waals surface area contributed by atoms with E-state index in [1.165, 1.54) is 41.3 Å². The summed E-state index contributed by atoms with van der Waals surface area (Å²) in [6.45, 7) is 3.71. The molecule has 1 heterocycles. The molecule has 2 atom stereocenters. The Morgan fingerprint density at radius 2 is 1.68 bits per heavy atom. The molecule has 3 amide bonds. The minimum Gasteiger partial charge on any atom is -0.480 e. The third kappa shape index (κ3) is 5.88. The van der Waals surface area contributed by atoms with Crippen LogP contribution in [-0.2, 0) is 9.59 Å². The molecule has 196 valence electrons. The van der Waals surface area contributed by atoms with E-state index in [4.69, 9.17) is 0 Å². The van der Waals surface area contributed by atoms with E-state index in [-0.39, 0.29) is 41.5 Å². The molecule has 0 aliphatic carbocycles. The van der Waals surface area contributed by atoms with Crippen molar-refractivity contribution in [3.05, 3.63) is 95.3 Å². The van der Waals surface area contributed by atoms with E-state index in [1.54, 1.807) is 6.07 Å². The van der Waals surface area contributed by atoms with Crippen LogP contribution in [0, 0.1) is 11.7 Å². The summed E-state index contributed by atoms with van der Waals surface area (Å²) in [5, 5.41) is 14.8. The molecule has 4 rings (SSSR count). The van der Waals surface area contributed by atoms with Gasteiger partial charge in [-0.2, -0.15) is 0 Å². The summed E-state index contributed by atoms with van der Waals surface area (Å²) in [6, 6.07) is 16.9. The quantitative estimate of drug-likeness (QED) is 0.417. The van der Waals surface area contributed by atoms with Gasteiger partial charge in [-0.25, -0.2) is 9.18 Å². The first kappa shape index (κ1) is 26.5. The number of fused-ring (bicyclic) bond motifs is 1. The van der Waals surface area contributed by atoms with E-state index in [9.17, 15) is 28.7 Å². The topological polar surface area (TPSA) is 116 Å². The van der Waals surface area contributed by atoms with E-state index in [2.05, 4.69) is 10.6 Å². The lowest BCUT2D eigenvalue weighted by atomic mass is 9.99. The van der Waals surface area contributed by atoms with Gasteiger partial charge in [0.25, 0.3) is 11.8 Å². The van der Waals surface area contributed by atoms with Gasteiger partial charge in [-0.3, -0.25) is 19.3 Å². The number of nitrogens with one attached hydrogen (secondary N) is 2. The summed E-state index contributed by atoms with van der Waals surface area (Å²) in [4.78, 5) is 52.8. The number of benzene rings is 3. The summed E-state index contributed by atoms with van der Waals surface area (Å²) in [5.74, 6) is -3.01. The van der Waals surface area contributed by atoms with Crippen molar-refractivity contribution in [1.29, 1.82) is 0 Å². The summed E-state index contributed by atoms with van der Waals surface area (Å²) in [6.07, 6.45) is 0.199. The molecule has 1 aliphatic rings. The maximum absolute atomic E-state index is 13.8. The molecule has 2 unspecified atom stereocenters. The number of amides is 3. The number of halogens is 1. The van der Waals surface area contributed by atoms with Crippen molar-refractivity contribution in [2.24, 2.45) is 5.92 Å². The van der Waals surface area contributed by atoms with Crippen LogP contribution < -0.4 is 15.5 Å². The Hall–Kier alpha value is -4.53. The van der Waals surface area contributed by atoms with Gasteiger partial charge in [-0.1, -0.05) is 44.2 Å². The van der Waals surface area contributed by atoms with Gasteiger partial charge in [-0.05, 0) is 60.4 Å². The Bertz CT molecular complexity index is 1360. The summed E-state index contributed by atoms with van der Waals surface area (Å²) in [7, 11) is 0. The SMILES string of the molecule is CC(C)CC(NC(=O)c1ccc2c(c1)NC(=O)CC(c1ccccc1)N2C(=O)c1ccc(F)cc1)C(=O)O. The monoisotopic (exact) mass is 517 g/mol. The van der Waals surface area contributed by atoms with Gasteiger partial charge in [0.1, 0.15) is 11.9 Å². The van der Waals surface area contributed by atoms with Gasteiger partial charge in [0.15, 0.2) is 0 Å². The molecule has 9 heteroatoms. The zero-order chi connectivity index (χ0) is 27.4. The molecule has 8 nitrogen and oxygen atoms in total. The lowest BCUT2D eigenvalue weighted by molar-refractivity contribution is -0.139.